The van der Waals surface area contributed by atoms with E-state index >= 15 is 0 Å². The molecule has 94 valence electrons. The number of hydrogen-bond donors (Lipinski definition) is 2. The van der Waals surface area contributed by atoms with Gasteiger partial charge in [-0.3, -0.25) is 14.3 Å². The Labute approximate surface area is 96.9 Å². The highest BCUT2D eigenvalue weighted by molar-refractivity contribution is 5.11. The third-order valence-corrected chi connectivity index (χ3v) is 3.20. The third kappa shape index (κ3) is 2.25. The fourth-order valence-corrected chi connectivity index (χ4v) is 2.05. The van der Waals surface area contributed by atoms with E-state index in [0.29, 0.717) is 12.3 Å². The van der Waals surface area contributed by atoms with Crippen LogP contribution in [-0.2, 0) is 0 Å². The van der Waals surface area contributed by atoms with E-state index in [9.17, 15) is 19.1 Å². The summed E-state index contributed by atoms with van der Waals surface area (Å²) < 4.78 is 14.2. The lowest BCUT2D eigenvalue weighted by molar-refractivity contribution is 0.311. The van der Waals surface area contributed by atoms with Gasteiger partial charge in [-0.05, 0) is 18.8 Å². The van der Waals surface area contributed by atoms with Crippen molar-refractivity contribution in [3.63, 3.8) is 0 Å². The first-order valence-electron chi connectivity index (χ1n) is 5.77. The topological polar surface area (TPSA) is 75.1 Å². The van der Waals surface area contributed by atoms with Crippen molar-refractivity contribution in [2.45, 2.75) is 38.6 Å². The molecule has 1 aromatic heterocycles. The van der Waals surface area contributed by atoms with Gasteiger partial charge in [0, 0.05) is 6.04 Å². The molecule has 1 fully saturated rings. The van der Waals surface area contributed by atoms with Gasteiger partial charge in [-0.25, -0.2) is 4.79 Å². The van der Waals surface area contributed by atoms with E-state index in [1.807, 2.05) is 11.9 Å². The van der Waals surface area contributed by atoms with E-state index in [1.165, 1.54) is 0 Å². The Bertz CT molecular complexity index is 530. The minimum absolute atomic E-state index is 0.263. The lowest BCUT2D eigenvalue weighted by Crippen LogP contribution is -2.34. The van der Waals surface area contributed by atoms with Crippen LogP contribution in [0.25, 0.3) is 0 Å². The lowest BCUT2D eigenvalue weighted by atomic mass is 10.1. The summed E-state index contributed by atoms with van der Waals surface area (Å²) >= 11 is 0. The smallest absolute Gasteiger partial charge is 0.331 e. The average Bonchev–Trinajstić information content (AvgIpc) is 3.08. The molecule has 1 unspecified atom stereocenters. The quantitative estimate of drug-likeness (QED) is 0.831. The molecule has 0 bridgehead atoms. The molecule has 0 saturated heterocycles. The standard InChI is InChI=1S/C11H15FN2O3/c1-2-7(5-6-3-4-6)14-10(16)8(12)9(15)13-11(14)17/h6-7,16H,2-5H2,1H3,(H,13,15,17). The van der Waals surface area contributed by atoms with Gasteiger partial charge in [0.15, 0.2) is 0 Å². The number of nitrogens with one attached hydrogen (secondary N) is 1. The summed E-state index contributed by atoms with van der Waals surface area (Å²) in [4.78, 5) is 24.4. The Morgan fingerprint density at radius 1 is 1.53 bits per heavy atom. The number of hydrogen-bond acceptors (Lipinski definition) is 3. The van der Waals surface area contributed by atoms with Crippen LogP contribution in [0.4, 0.5) is 4.39 Å². The minimum Gasteiger partial charge on any atom is -0.492 e. The Morgan fingerprint density at radius 2 is 2.18 bits per heavy atom. The van der Waals surface area contributed by atoms with Crippen LogP contribution in [0.3, 0.4) is 0 Å². The molecular weight excluding hydrogens is 227 g/mol. The lowest BCUT2D eigenvalue weighted by Gasteiger charge is -2.18. The second kappa shape index (κ2) is 4.35. The van der Waals surface area contributed by atoms with Gasteiger partial charge in [0.05, 0.1) is 0 Å². The Balaban J connectivity index is 2.44. The predicted molar refractivity (Wildman–Crippen MR) is 59.6 cm³/mol. The molecule has 1 aliphatic carbocycles. The van der Waals surface area contributed by atoms with Gasteiger partial charge in [0.1, 0.15) is 0 Å². The third-order valence-electron chi connectivity index (χ3n) is 3.20. The second-order valence-corrected chi connectivity index (χ2v) is 4.51. The highest BCUT2D eigenvalue weighted by Crippen LogP contribution is 2.38. The number of nitrogens with zero attached hydrogens (tertiary/aromatic N) is 1. The molecule has 1 aliphatic rings. The average molecular weight is 242 g/mol. The van der Waals surface area contributed by atoms with E-state index in [-0.39, 0.29) is 6.04 Å². The van der Waals surface area contributed by atoms with Crippen molar-refractivity contribution in [2.75, 3.05) is 0 Å². The first-order valence-corrected chi connectivity index (χ1v) is 5.77. The minimum atomic E-state index is -1.29. The van der Waals surface area contributed by atoms with Gasteiger partial charge in [0.2, 0.25) is 11.7 Å². The largest absolute Gasteiger partial charge is 0.492 e. The van der Waals surface area contributed by atoms with Gasteiger partial charge in [-0.2, -0.15) is 4.39 Å². The molecule has 0 aliphatic heterocycles. The Kier molecular flexibility index (Phi) is 3.04. The first-order chi connectivity index (χ1) is 8.04. The van der Waals surface area contributed by atoms with E-state index in [2.05, 4.69) is 0 Å². The maximum atomic E-state index is 13.3. The van der Waals surface area contributed by atoms with Gasteiger partial charge < -0.3 is 5.11 Å². The van der Waals surface area contributed by atoms with Crippen molar-refractivity contribution >= 4 is 0 Å². The summed E-state index contributed by atoms with van der Waals surface area (Å²) in [5.41, 5.74) is -1.92. The van der Waals surface area contributed by atoms with Crippen molar-refractivity contribution < 1.29 is 9.50 Å². The molecule has 17 heavy (non-hydrogen) atoms. The highest BCUT2D eigenvalue weighted by atomic mass is 19.1. The fourth-order valence-electron chi connectivity index (χ4n) is 2.05. The fraction of sp³-hybridized carbons (Fsp3) is 0.636. The van der Waals surface area contributed by atoms with Gasteiger partial charge in [-0.1, -0.05) is 19.8 Å². The van der Waals surface area contributed by atoms with Crippen LogP contribution in [0.15, 0.2) is 9.59 Å². The van der Waals surface area contributed by atoms with Crippen molar-refractivity contribution in [3.8, 4) is 5.88 Å². The molecule has 1 saturated carbocycles. The van der Waals surface area contributed by atoms with Gasteiger partial charge in [0.25, 0.3) is 5.56 Å². The molecule has 1 atom stereocenters. The second-order valence-electron chi connectivity index (χ2n) is 4.51. The zero-order valence-corrected chi connectivity index (χ0v) is 9.57. The van der Waals surface area contributed by atoms with Crippen LogP contribution < -0.4 is 11.2 Å². The monoisotopic (exact) mass is 242 g/mol. The van der Waals surface area contributed by atoms with E-state index in [4.69, 9.17) is 0 Å². The molecule has 0 aromatic carbocycles. The van der Waals surface area contributed by atoms with Crippen LogP contribution in [0.1, 0.15) is 38.6 Å². The molecule has 2 rings (SSSR count). The predicted octanol–water partition coefficient (Wildman–Crippen LogP) is 1.13. The van der Waals surface area contributed by atoms with Crippen molar-refractivity contribution in [2.24, 2.45) is 5.92 Å². The molecule has 0 radical (unpaired) electrons. The summed E-state index contributed by atoms with van der Waals surface area (Å²) in [6, 6.07) is -0.263. The van der Waals surface area contributed by atoms with Crippen LogP contribution in [0, 0.1) is 11.7 Å². The van der Waals surface area contributed by atoms with E-state index < -0.39 is 22.9 Å². The number of aromatic hydroxyl groups is 1. The van der Waals surface area contributed by atoms with E-state index in [0.717, 1.165) is 23.8 Å². The number of aromatic nitrogens is 2. The van der Waals surface area contributed by atoms with Crippen molar-refractivity contribution in [1.82, 2.24) is 9.55 Å². The first kappa shape index (κ1) is 11.9. The van der Waals surface area contributed by atoms with Crippen molar-refractivity contribution in [1.29, 1.82) is 0 Å². The molecule has 1 aromatic rings. The summed E-state index contributed by atoms with van der Waals surface area (Å²) in [7, 11) is 0. The highest BCUT2D eigenvalue weighted by Gasteiger charge is 2.28. The van der Waals surface area contributed by atoms with Gasteiger partial charge >= 0.3 is 5.69 Å². The van der Waals surface area contributed by atoms with Crippen molar-refractivity contribution in [3.05, 3.63) is 26.7 Å². The number of rotatable bonds is 4. The van der Waals surface area contributed by atoms with Crippen LogP contribution in [0.2, 0.25) is 0 Å². The van der Waals surface area contributed by atoms with E-state index in [1.54, 1.807) is 0 Å². The maximum Gasteiger partial charge on any atom is 0.331 e. The number of aromatic amines is 1. The molecule has 1 heterocycles. The van der Waals surface area contributed by atoms with Crippen LogP contribution in [0.5, 0.6) is 5.88 Å². The normalized spacial score (nSPS) is 17.1. The summed E-state index contributed by atoms with van der Waals surface area (Å²) in [6.07, 6.45) is 3.56. The summed E-state index contributed by atoms with van der Waals surface area (Å²) in [6.45, 7) is 1.86. The molecule has 0 spiro atoms. The molecular formula is C11H15FN2O3. The molecule has 0 amide bonds. The molecule has 5 nitrogen and oxygen atoms in total. The SMILES string of the molecule is CCC(CC1CC1)n1c(O)c(F)c(=O)[nH]c1=O. The maximum absolute atomic E-state index is 13.3. The molecule has 6 heteroatoms. The van der Waals surface area contributed by atoms with Crippen LogP contribution >= 0.6 is 0 Å². The zero-order chi connectivity index (χ0) is 12.6. The van der Waals surface area contributed by atoms with Crippen LogP contribution in [-0.4, -0.2) is 14.7 Å². The zero-order valence-electron chi connectivity index (χ0n) is 9.57. The number of H-pyrrole nitrogens is 1. The summed E-state index contributed by atoms with van der Waals surface area (Å²) in [5.74, 6) is -1.61. The number of halogens is 1. The summed E-state index contributed by atoms with van der Waals surface area (Å²) in [5, 5.41) is 9.56. The van der Waals surface area contributed by atoms with Gasteiger partial charge in [-0.15, -0.1) is 0 Å². The Morgan fingerprint density at radius 3 is 2.71 bits per heavy atom. The molecule has 2 N–H and O–H groups in total. The Hall–Kier alpha value is -1.59.